The van der Waals surface area contributed by atoms with E-state index in [1.807, 2.05) is 0 Å². The van der Waals surface area contributed by atoms with E-state index in [1.54, 1.807) is 6.07 Å². The Hall–Kier alpha value is -1.51. The highest BCUT2D eigenvalue weighted by molar-refractivity contribution is 7.91. The van der Waals surface area contributed by atoms with Gasteiger partial charge in [0.05, 0.1) is 23.9 Å². The number of fused-ring (bicyclic) bond motifs is 1. The highest BCUT2D eigenvalue weighted by Gasteiger charge is 2.31. The first kappa shape index (κ1) is 20.8. The van der Waals surface area contributed by atoms with Crippen molar-refractivity contribution in [3.8, 4) is 11.5 Å². The molecule has 3 N–H and O–H groups in total. The maximum Gasteiger partial charge on any atom is 0.221 e. The Morgan fingerprint density at radius 3 is 2.58 bits per heavy atom. The van der Waals surface area contributed by atoms with Crippen LogP contribution in [-0.2, 0) is 14.6 Å². The fourth-order valence-electron chi connectivity index (χ4n) is 2.83. The summed E-state index contributed by atoms with van der Waals surface area (Å²) < 4.78 is 36.0. The van der Waals surface area contributed by atoms with Gasteiger partial charge in [-0.05, 0) is 30.9 Å². The Morgan fingerprint density at radius 1 is 1.23 bits per heavy atom. The molecule has 146 valence electrons. The Kier molecular flexibility index (Phi) is 7.14. The highest BCUT2D eigenvalue weighted by atomic mass is 35.5. The third-order valence-electron chi connectivity index (χ3n) is 4.47. The number of carbonyl (C=O) groups is 1. The zero-order chi connectivity index (χ0) is 17.9. The van der Waals surface area contributed by atoms with Crippen LogP contribution in [0, 0.1) is 5.92 Å². The second kappa shape index (κ2) is 8.92. The van der Waals surface area contributed by atoms with Gasteiger partial charge in [-0.3, -0.25) is 4.79 Å². The fourth-order valence-corrected chi connectivity index (χ4v) is 4.08. The third kappa shape index (κ3) is 5.25. The Bertz CT molecular complexity index is 737. The molecule has 9 heteroatoms. The van der Waals surface area contributed by atoms with Crippen LogP contribution in [0.1, 0.15) is 25.7 Å². The van der Waals surface area contributed by atoms with Crippen LogP contribution in [0.15, 0.2) is 23.1 Å². The van der Waals surface area contributed by atoms with E-state index in [1.165, 1.54) is 12.1 Å². The van der Waals surface area contributed by atoms with Crippen molar-refractivity contribution in [3.05, 3.63) is 18.2 Å². The smallest absolute Gasteiger partial charge is 0.221 e. The molecule has 2 aliphatic rings. The van der Waals surface area contributed by atoms with Crippen molar-refractivity contribution in [2.75, 3.05) is 25.5 Å². The summed E-state index contributed by atoms with van der Waals surface area (Å²) in [5.41, 5.74) is 5.65. The van der Waals surface area contributed by atoms with Crippen molar-refractivity contribution in [3.63, 3.8) is 0 Å². The van der Waals surface area contributed by atoms with Crippen LogP contribution in [0.4, 0.5) is 0 Å². The number of benzene rings is 1. The van der Waals surface area contributed by atoms with Gasteiger partial charge in [0.25, 0.3) is 0 Å². The van der Waals surface area contributed by atoms with Crippen LogP contribution in [0.2, 0.25) is 0 Å². The molecule has 0 spiro atoms. The second-order valence-corrected chi connectivity index (χ2v) is 8.58. The van der Waals surface area contributed by atoms with Crippen LogP contribution in [0.5, 0.6) is 11.5 Å². The van der Waals surface area contributed by atoms with Crippen molar-refractivity contribution in [2.45, 2.75) is 36.6 Å². The van der Waals surface area contributed by atoms with Gasteiger partial charge >= 0.3 is 0 Å². The molecule has 0 aromatic heterocycles. The Morgan fingerprint density at radius 2 is 1.92 bits per heavy atom. The molecule has 1 saturated carbocycles. The van der Waals surface area contributed by atoms with Crippen LogP contribution in [0.3, 0.4) is 0 Å². The molecule has 3 rings (SSSR count). The molecule has 1 aromatic carbocycles. The largest absolute Gasteiger partial charge is 0.490 e. The first-order valence-electron chi connectivity index (χ1n) is 8.61. The molecule has 1 heterocycles. The molecule has 1 aliphatic carbocycles. The Labute approximate surface area is 159 Å². The quantitative estimate of drug-likeness (QED) is 0.708. The zero-order valence-corrected chi connectivity index (χ0v) is 16.1. The van der Waals surface area contributed by atoms with E-state index in [0.717, 1.165) is 19.3 Å². The summed E-state index contributed by atoms with van der Waals surface area (Å²) in [5, 5.41) is 2.84. The number of rotatable bonds is 7. The predicted molar refractivity (Wildman–Crippen MR) is 99.7 cm³/mol. The van der Waals surface area contributed by atoms with Gasteiger partial charge in [0.2, 0.25) is 5.91 Å². The lowest BCUT2D eigenvalue weighted by Crippen LogP contribution is -2.42. The minimum atomic E-state index is -3.58. The van der Waals surface area contributed by atoms with Crippen molar-refractivity contribution in [1.29, 1.82) is 0 Å². The molecule has 1 fully saturated rings. The van der Waals surface area contributed by atoms with E-state index in [2.05, 4.69) is 5.32 Å². The first-order valence-corrected chi connectivity index (χ1v) is 10.3. The molecule has 0 saturated heterocycles. The molecule has 26 heavy (non-hydrogen) atoms. The second-order valence-electron chi connectivity index (χ2n) is 6.48. The number of nitrogens with two attached hydrogens (primary N) is 1. The maximum absolute atomic E-state index is 12.5. The average Bonchev–Trinajstić information content (AvgIpc) is 3.44. The van der Waals surface area contributed by atoms with Gasteiger partial charge in [-0.25, -0.2) is 8.42 Å². The summed E-state index contributed by atoms with van der Waals surface area (Å²) in [6.07, 6.45) is 2.80. The summed E-state index contributed by atoms with van der Waals surface area (Å²) in [6.45, 7) is 1.41. The van der Waals surface area contributed by atoms with Gasteiger partial charge in [-0.2, -0.15) is 0 Å². The molecule has 1 atom stereocenters. The minimum Gasteiger partial charge on any atom is -0.490 e. The number of hydrogen-bond donors (Lipinski definition) is 2. The van der Waals surface area contributed by atoms with Gasteiger partial charge in [0.1, 0.15) is 0 Å². The van der Waals surface area contributed by atoms with Crippen LogP contribution in [-0.4, -0.2) is 45.9 Å². The summed E-state index contributed by atoms with van der Waals surface area (Å²) >= 11 is 0. The lowest BCUT2D eigenvalue weighted by atomic mass is 10.2. The van der Waals surface area contributed by atoms with E-state index in [-0.39, 0.29) is 41.4 Å². The molecule has 1 amide bonds. The number of sulfone groups is 1. The van der Waals surface area contributed by atoms with E-state index >= 15 is 0 Å². The zero-order valence-electron chi connectivity index (χ0n) is 14.5. The van der Waals surface area contributed by atoms with Crippen LogP contribution >= 0.6 is 12.4 Å². The molecule has 0 radical (unpaired) electrons. The van der Waals surface area contributed by atoms with E-state index < -0.39 is 9.84 Å². The fraction of sp³-hybridized carbons (Fsp3) is 0.588. The highest BCUT2D eigenvalue weighted by Crippen LogP contribution is 2.33. The van der Waals surface area contributed by atoms with Crippen molar-refractivity contribution < 1.29 is 22.7 Å². The van der Waals surface area contributed by atoms with Crippen LogP contribution in [0.25, 0.3) is 0 Å². The summed E-state index contributed by atoms with van der Waals surface area (Å²) in [5.74, 6) is 0.886. The van der Waals surface area contributed by atoms with Gasteiger partial charge in [-0.1, -0.05) is 0 Å². The van der Waals surface area contributed by atoms with Crippen molar-refractivity contribution >= 4 is 28.2 Å². The van der Waals surface area contributed by atoms with Crippen molar-refractivity contribution in [1.82, 2.24) is 5.32 Å². The third-order valence-corrected chi connectivity index (χ3v) is 6.18. The normalized spacial score (nSPS) is 17.6. The molecule has 1 aliphatic heterocycles. The first-order chi connectivity index (χ1) is 12.0. The topological polar surface area (TPSA) is 108 Å². The van der Waals surface area contributed by atoms with Crippen molar-refractivity contribution in [2.24, 2.45) is 11.7 Å². The van der Waals surface area contributed by atoms with Gasteiger partial charge in [0, 0.05) is 31.5 Å². The molecule has 0 bridgehead atoms. The standard InChI is InChI=1S/C17H24N2O5S.ClH/c18-11-14(12-2-3-12)19-17(20)6-9-25(21,22)13-4-5-15-16(10-13)24-8-1-7-23-15;/h4-5,10,12,14H,1-3,6-9,11,18H2,(H,19,20);1H. The number of ether oxygens (including phenoxy) is 2. The number of amides is 1. The lowest BCUT2D eigenvalue weighted by Gasteiger charge is -2.16. The average molecular weight is 405 g/mol. The number of nitrogens with one attached hydrogen (secondary N) is 1. The number of halogens is 1. The van der Waals surface area contributed by atoms with E-state index in [0.29, 0.717) is 37.2 Å². The van der Waals surface area contributed by atoms with E-state index in [9.17, 15) is 13.2 Å². The Balaban J connectivity index is 0.00000243. The SMILES string of the molecule is Cl.NCC(NC(=O)CCS(=O)(=O)c1ccc2c(c1)OCCCO2)C1CC1. The summed E-state index contributed by atoms with van der Waals surface area (Å²) in [7, 11) is -3.58. The summed E-state index contributed by atoms with van der Waals surface area (Å²) in [4.78, 5) is 12.2. The molecule has 1 unspecified atom stereocenters. The molecule has 1 aromatic rings. The van der Waals surface area contributed by atoms with Gasteiger partial charge in [-0.15, -0.1) is 12.4 Å². The van der Waals surface area contributed by atoms with Gasteiger partial charge in [0.15, 0.2) is 21.3 Å². The predicted octanol–water partition coefficient (Wildman–Crippen LogP) is 1.29. The minimum absolute atomic E-state index is 0. The van der Waals surface area contributed by atoms with Gasteiger partial charge < -0.3 is 20.5 Å². The molecular weight excluding hydrogens is 380 g/mol. The van der Waals surface area contributed by atoms with E-state index in [4.69, 9.17) is 15.2 Å². The number of carbonyl (C=O) groups excluding carboxylic acids is 1. The van der Waals surface area contributed by atoms with Crippen LogP contribution < -0.4 is 20.5 Å². The monoisotopic (exact) mass is 404 g/mol. The number of hydrogen-bond acceptors (Lipinski definition) is 6. The summed E-state index contributed by atoms with van der Waals surface area (Å²) in [6, 6.07) is 4.52. The lowest BCUT2D eigenvalue weighted by molar-refractivity contribution is -0.121. The molecular formula is C17H25ClN2O5S. The molecule has 7 nitrogen and oxygen atoms in total. The maximum atomic E-state index is 12.5.